The van der Waals surface area contributed by atoms with Crippen molar-refractivity contribution in [1.29, 1.82) is 0 Å². The fraction of sp³-hybridized carbons (Fsp3) is 0.364. The highest BCUT2D eigenvalue weighted by atomic mass is 35.5. The average Bonchev–Trinajstić information content (AvgIpc) is 2.29. The van der Waals surface area contributed by atoms with Crippen LogP contribution in [0.15, 0.2) is 12.1 Å². The number of nitro groups is 1. The topological polar surface area (TPSA) is 98.3 Å². The molecule has 0 saturated heterocycles. The standard InChI is InChI=1S/C11H13ClFN3O3/c1-11(2,10(14)17)5-15-8-4-7(13)6(12)3-9(8)16(18)19/h3-4,15H,5H2,1-2H3,(H2,14,17). The van der Waals surface area contributed by atoms with Crippen LogP contribution in [0.2, 0.25) is 5.02 Å². The van der Waals surface area contributed by atoms with Crippen LogP contribution < -0.4 is 11.1 Å². The van der Waals surface area contributed by atoms with E-state index in [2.05, 4.69) is 5.32 Å². The van der Waals surface area contributed by atoms with Gasteiger partial charge in [0.2, 0.25) is 5.91 Å². The number of carbonyl (C=O) groups is 1. The Labute approximate surface area is 113 Å². The summed E-state index contributed by atoms with van der Waals surface area (Å²) < 4.78 is 13.3. The maximum atomic E-state index is 13.3. The number of nitrogens with one attached hydrogen (secondary N) is 1. The molecule has 0 radical (unpaired) electrons. The average molecular weight is 290 g/mol. The van der Waals surface area contributed by atoms with E-state index < -0.39 is 22.1 Å². The van der Waals surface area contributed by atoms with E-state index in [4.69, 9.17) is 17.3 Å². The van der Waals surface area contributed by atoms with Crippen molar-refractivity contribution < 1.29 is 14.1 Å². The first-order valence-electron chi connectivity index (χ1n) is 5.32. The van der Waals surface area contributed by atoms with Crippen LogP contribution in [0.3, 0.4) is 0 Å². The zero-order valence-corrected chi connectivity index (χ0v) is 11.1. The summed E-state index contributed by atoms with van der Waals surface area (Å²) >= 11 is 5.49. The zero-order valence-electron chi connectivity index (χ0n) is 10.4. The highest BCUT2D eigenvalue weighted by Crippen LogP contribution is 2.31. The number of nitro benzene ring substituents is 1. The SMILES string of the molecule is CC(C)(CNc1cc(F)c(Cl)cc1[N+](=O)[O-])C(N)=O. The molecular formula is C11H13ClFN3O3. The molecule has 0 aliphatic carbocycles. The van der Waals surface area contributed by atoms with E-state index in [0.29, 0.717) is 0 Å². The number of amides is 1. The van der Waals surface area contributed by atoms with E-state index in [1.807, 2.05) is 0 Å². The summed E-state index contributed by atoms with van der Waals surface area (Å²) in [5, 5.41) is 13.1. The number of primary amides is 1. The van der Waals surface area contributed by atoms with Crippen LogP contribution in [-0.4, -0.2) is 17.4 Å². The van der Waals surface area contributed by atoms with Crippen LogP contribution in [-0.2, 0) is 4.79 Å². The van der Waals surface area contributed by atoms with Gasteiger partial charge in [0.1, 0.15) is 11.5 Å². The molecule has 0 aromatic heterocycles. The van der Waals surface area contributed by atoms with Gasteiger partial charge in [-0.05, 0) is 13.8 Å². The van der Waals surface area contributed by atoms with Crippen LogP contribution in [0, 0.1) is 21.3 Å². The fourth-order valence-electron chi connectivity index (χ4n) is 1.23. The smallest absolute Gasteiger partial charge is 0.294 e. The number of anilines is 1. The summed E-state index contributed by atoms with van der Waals surface area (Å²) in [6.07, 6.45) is 0. The van der Waals surface area contributed by atoms with Crippen LogP contribution >= 0.6 is 11.6 Å². The van der Waals surface area contributed by atoms with E-state index in [0.717, 1.165) is 12.1 Å². The van der Waals surface area contributed by atoms with Gasteiger partial charge in [-0.3, -0.25) is 14.9 Å². The van der Waals surface area contributed by atoms with Gasteiger partial charge in [0.15, 0.2) is 0 Å². The molecule has 0 atom stereocenters. The third-order valence-corrected chi connectivity index (χ3v) is 2.91. The van der Waals surface area contributed by atoms with Gasteiger partial charge < -0.3 is 11.1 Å². The molecule has 8 heteroatoms. The minimum Gasteiger partial charge on any atom is -0.378 e. The van der Waals surface area contributed by atoms with E-state index in [1.54, 1.807) is 13.8 Å². The zero-order chi connectivity index (χ0) is 14.8. The van der Waals surface area contributed by atoms with Crippen LogP contribution in [0.25, 0.3) is 0 Å². The minimum atomic E-state index is -0.927. The molecule has 0 fully saturated rings. The molecule has 0 bridgehead atoms. The lowest BCUT2D eigenvalue weighted by Crippen LogP contribution is -2.37. The normalized spacial score (nSPS) is 11.2. The van der Waals surface area contributed by atoms with Crippen LogP contribution in [0.4, 0.5) is 15.8 Å². The molecule has 0 saturated carbocycles. The number of nitrogens with zero attached hydrogens (tertiary/aromatic N) is 1. The summed E-state index contributed by atoms with van der Waals surface area (Å²) in [7, 11) is 0. The summed E-state index contributed by atoms with van der Waals surface area (Å²) in [5.74, 6) is -1.36. The van der Waals surface area contributed by atoms with Crippen molar-refractivity contribution in [1.82, 2.24) is 0 Å². The van der Waals surface area contributed by atoms with Gasteiger partial charge in [0.25, 0.3) is 5.69 Å². The molecule has 0 spiro atoms. The first kappa shape index (κ1) is 15.2. The molecule has 1 aromatic carbocycles. The summed E-state index contributed by atoms with van der Waals surface area (Å²) in [6, 6.07) is 1.83. The summed E-state index contributed by atoms with van der Waals surface area (Å²) in [4.78, 5) is 21.3. The molecular weight excluding hydrogens is 277 g/mol. The van der Waals surface area contributed by atoms with Gasteiger partial charge in [0.05, 0.1) is 15.4 Å². The Morgan fingerprint density at radius 2 is 2.16 bits per heavy atom. The number of rotatable bonds is 5. The molecule has 6 nitrogen and oxygen atoms in total. The maximum absolute atomic E-state index is 13.3. The number of nitrogens with two attached hydrogens (primary N) is 1. The van der Waals surface area contributed by atoms with E-state index in [9.17, 15) is 19.3 Å². The van der Waals surface area contributed by atoms with E-state index in [1.165, 1.54) is 0 Å². The van der Waals surface area contributed by atoms with Crippen LogP contribution in [0.5, 0.6) is 0 Å². The Bertz CT molecular complexity index is 534. The van der Waals surface area contributed by atoms with E-state index in [-0.39, 0.29) is 22.9 Å². The highest BCUT2D eigenvalue weighted by molar-refractivity contribution is 6.31. The quantitative estimate of drug-likeness (QED) is 0.642. The summed E-state index contributed by atoms with van der Waals surface area (Å²) in [6.45, 7) is 3.17. The van der Waals surface area contributed by atoms with Gasteiger partial charge in [-0.15, -0.1) is 0 Å². The van der Waals surface area contributed by atoms with Crippen molar-refractivity contribution in [2.45, 2.75) is 13.8 Å². The van der Waals surface area contributed by atoms with Gasteiger partial charge in [0, 0.05) is 18.7 Å². The van der Waals surface area contributed by atoms with Gasteiger partial charge >= 0.3 is 0 Å². The Morgan fingerprint density at radius 1 is 1.58 bits per heavy atom. The second-order valence-corrected chi connectivity index (χ2v) is 5.05. The molecule has 1 rings (SSSR count). The Morgan fingerprint density at radius 3 is 2.63 bits per heavy atom. The van der Waals surface area contributed by atoms with Crippen molar-refractivity contribution in [3.05, 3.63) is 33.1 Å². The number of hydrogen-bond acceptors (Lipinski definition) is 4. The first-order valence-corrected chi connectivity index (χ1v) is 5.70. The molecule has 0 aliphatic heterocycles. The van der Waals surface area contributed by atoms with Gasteiger partial charge in [-0.25, -0.2) is 4.39 Å². The lowest BCUT2D eigenvalue weighted by molar-refractivity contribution is -0.384. The maximum Gasteiger partial charge on any atom is 0.294 e. The lowest BCUT2D eigenvalue weighted by atomic mass is 9.92. The third kappa shape index (κ3) is 3.54. The van der Waals surface area contributed by atoms with Crippen molar-refractivity contribution in [2.24, 2.45) is 11.1 Å². The van der Waals surface area contributed by atoms with Crippen molar-refractivity contribution in [3.8, 4) is 0 Å². The fourth-order valence-corrected chi connectivity index (χ4v) is 1.39. The number of halogens is 2. The molecule has 0 heterocycles. The highest BCUT2D eigenvalue weighted by Gasteiger charge is 2.26. The molecule has 0 aliphatic rings. The van der Waals surface area contributed by atoms with E-state index >= 15 is 0 Å². The Kier molecular flexibility index (Phi) is 4.31. The summed E-state index contributed by atoms with van der Waals surface area (Å²) in [5.41, 5.74) is 3.83. The number of hydrogen-bond donors (Lipinski definition) is 2. The third-order valence-electron chi connectivity index (χ3n) is 2.62. The molecule has 0 unspecified atom stereocenters. The largest absolute Gasteiger partial charge is 0.378 e. The van der Waals surface area contributed by atoms with Crippen molar-refractivity contribution in [3.63, 3.8) is 0 Å². The molecule has 3 N–H and O–H groups in total. The molecule has 19 heavy (non-hydrogen) atoms. The van der Waals surface area contributed by atoms with Gasteiger partial charge in [-0.1, -0.05) is 11.6 Å². The Hall–Kier alpha value is -1.89. The lowest BCUT2D eigenvalue weighted by Gasteiger charge is -2.21. The second kappa shape index (κ2) is 5.40. The number of carbonyl (C=O) groups excluding carboxylic acids is 1. The molecule has 1 aromatic rings. The number of benzene rings is 1. The second-order valence-electron chi connectivity index (χ2n) is 4.64. The van der Waals surface area contributed by atoms with Crippen molar-refractivity contribution in [2.75, 3.05) is 11.9 Å². The monoisotopic (exact) mass is 289 g/mol. The molecule has 1 amide bonds. The Balaban J connectivity index is 3.04. The van der Waals surface area contributed by atoms with Crippen molar-refractivity contribution >= 4 is 28.9 Å². The minimum absolute atomic E-state index is 0.0320. The first-order chi connectivity index (χ1) is 8.65. The van der Waals surface area contributed by atoms with Crippen LogP contribution in [0.1, 0.15) is 13.8 Å². The predicted molar refractivity (Wildman–Crippen MR) is 69.5 cm³/mol. The predicted octanol–water partition coefficient (Wildman–Crippen LogP) is 2.31. The molecule has 104 valence electrons. The van der Waals surface area contributed by atoms with Gasteiger partial charge in [-0.2, -0.15) is 0 Å².